The third-order valence-corrected chi connectivity index (χ3v) is 2.29. The van der Waals surface area contributed by atoms with Crippen LogP contribution in [0.5, 0.6) is 11.6 Å². The van der Waals surface area contributed by atoms with Gasteiger partial charge in [-0.05, 0) is 24.3 Å². The zero-order valence-electron chi connectivity index (χ0n) is 10.2. The Morgan fingerprint density at radius 2 is 1.83 bits per heavy atom. The molecular weight excluding hydrogens is 233 g/mol. The lowest BCUT2D eigenvalue weighted by molar-refractivity contribution is 0.456. The fourth-order valence-electron chi connectivity index (χ4n) is 1.40. The number of benzene rings is 1. The highest BCUT2D eigenvalue weighted by Gasteiger charge is 2.08. The Morgan fingerprint density at radius 1 is 1.17 bits per heavy atom. The van der Waals surface area contributed by atoms with E-state index in [-0.39, 0.29) is 11.7 Å². The van der Waals surface area contributed by atoms with Gasteiger partial charge in [0, 0.05) is 12.0 Å². The van der Waals surface area contributed by atoms with Crippen LogP contribution in [0.2, 0.25) is 0 Å². The smallest absolute Gasteiger partial charge is 0.224 e. The number of aromatic nitrogens is 2. The van der Waals surface area contributed by atoms with Gasteiger partial charge in [0.1, 0.15) is 23.2 Å². The molecule has 0 atom stereocenters. The van der Waals surface area contributed by atoms with Gasteiger partial charge in [-0.25, -0.2) is 9.37 Å². The largest absolute Gasteiger partial charge is 0.439 e. The topological polar surface area (TPSA) is 61.0 Å². The van der Waals surface area contributed by atoms with Crippen molar-refractivity contribution in [3.05, 3.63) is 42.0 Å². The molecule has 4 nitrogen and oxygen atoms in total. The van der Waals surface area contributed by atoms with E-state index in [1.54, 1.807) is 0 Å². The van der Waals surface area contributed by atoms with Crippen molar-refractivity contribution in [3.8, 4) is 11.6 Å². The zero-order chi connectivity index (χ0) is 13.1. The lowest BCUT2D eigenvalue weighted by Gasteiger charge is -2.09. The SMILES string of the molecule is CC(C)c1nc(N)cc(Oc2ccc(F)cc2)n1. The Balaban J connectivity index is 2.26. The van der Waals surface area contributed by atoms with Crippen molar-refractivity contribution in [3.63, 3.8) is 0 Å². The minimum absolute atomic E-state index is 0.157. The third kappa shape index (κ3) is 2.94. The van der Waals surface area contributed by atoms with Gasteiger partial charge in [0.2, 0.25) is 5.88 Å². The van der Waals surface area contributed by atoms with Crippen molar-refractivity contribution in [1.29, 1.82) is 0 Å². The highest BCUT2D eigenvalue weighted by molar-refractivity contribution is 5.36. The van der Waals surface area contributed by atoms with E-state index in [1.807, 2.05) is 13.8 Å². The lowest BCUT2D eigenvalue weighted by Crippen LogP contribution is -2.02. The van der Waals surface area contributed by atoms with Gasteiger partial charge in [-0.1, -0.05) is 13.8 Å². The second-order valence-electron chi connectivity index (χ2n) is 4.20. The fourth-order valence-corrected chi connectivity index (χ4v) is 1.40. The number of hydrogen-bond acceptors (Lipinski definition) is 4. The monoisotopic (exact) mass is 247 g/mol. The maximum absolute atomic E-state index is 12.8. The van der Waals surface area contributed by atoms with E-state index in [1.165, 1.54) is 30.3 Å². The predicted octanol–water partition coefficient (Wildman–Crippen LogP) is 3.11. The number of anilines is 1. The fraction of sp³-hybridized carbons (Fsp3) is 0.231. The van der Waals surface area contributed by atoms with E-state index in [0.29, 0.717) is 23.3 Å². The summed E-state index contributed by atoms with van der Waals surface area (Å²) in [6.45, 7) is 3.94. The van der Waals surface area contributed by atoms with Crippen LogP contribution in [-0.2, 0) is 0 Å². The van der Waals surface area contributed by atoms with Crippen LogP contribution < -0.4 is 10.5 Å². The first-order valence-corrected chi connectivity index (χ1v) is 5.62. The molecule has 2 N–H and O–H groups in total. The molecule has 1 heterocycles. The quantitative estimate of drug-likeness (QED) is 0.905. The zero-order valence-corrected chi connectivity index (χ0v) is 10.2. The summed E-state index contributed by atoms with van der Waals surface area (Å²) < 4.78 is 18.3. The molecule has 18 heavy (non-hydrogen) atoms. The van der Waals surface area contributed by atoms with Crippen LogP contribution in [0.25, 0.3) is 0 Å². The highest BCUT2D eigenvalue weighted by atomic mass is 19.1. The first-order chi connectivity index (χ1) is 8.54. The third-order valence-electron chi connectivity index (χ3n) is 2.29. The lowest BCUT2D eigenvalue weighted by atomic mass is 10.2. The molecule has 0 aliphatic carbocycles. The Hall–Kier alpha value is -2.17. The Morgan fingerprint density at radius 3 is 2.44 bits per heavy atom. The number of ether oxygens (including phenoxy) is 1. The summed E-state index contributed by atoms with van der Waals surface area (Å²) in [5, 5.41) is 0. The number of nitrogen functional groups attached to an aromatic ring is 1. The van der Waals surface area contributed by atoms with Crippen molar-refractivity contribution in [2.24, 2.45) is 0 Å². The van der Waals surface area contributed by atoms with Crippen LogP contribution in [0.3, 0.4) is 0 Å². The summed E-state index contributed by atoms with van der Waals surface area (Å²) >= 11 is 0. The van der Waals surface area contributed by atoms with Crippen LogP contribution in [0.1, 0.15) is 25.6 Å². The normalized spacial score (nSPS) is 10.7. The van der Waals surface area contributed by atoms with E-state index in [2.05, 4.69) is 9.97 Å². The van der Waals surface area contributed by atoms with Crippen LogP contribution >= 0.6 is 0 Å². The summed E-state index contributed by atoms with van der Waals surface area (Å²) in [7, 11) is 0. The van der Waals surface area contributed by atoms with E-state index >= 15 is 0 Å². The second-order valence-corrected chi connectivity index (χ2v) is 4.20. The molecule has 0 amide bonds. The summed E-state index contributed by atoms with van der Waals surface area (Å²) in [5.74, 6) is 1.68. The van der Waals surface area contributed by atoms with E-state index in [9.17, 15) is 4.39 Å². The van der Waals surface area contributed by atoms with Gasteiger partial charge < -0.3 is 10.5 Å². The van der Waals surface area contributed by atoms with Crippen LogP contribution in [0, 0.1) is 5.82 Å². The number of rotatable bonds is 3. The van der Waals surface area contributed by atoms with Gasteiger partial charge in [0.25, 0.3) is 0 Å². The molecule has 0 fully saturated rings. The summed E-state index contributed by atoms with van der Waals surface area (Å²) in [6, 6.07) is 7.24. The Kier molecular flexibility index (Phi) is 3.41. The number of nitrogens with two attached hydrogens (primary N) is 1. The van der Waals surface area contributed by atoms with E-state index in [0.717, 1.165) is 0 Å². The average Bonchev–Trinajstić information content (AvgIpc) is 2.31. The number of hydrogen-bond donors (Lipinski definition) is 1. The molecule has 1 aromatic carbocycles. The second kappa shape index (κ2) is 5.00. The van der Waals surface area contributed by atoms with Gasteiger partial charge >= 0.3 is 0 Å². The molecule has 94 valence electrons. The molecule has 0 spiro atoms. The van der Waals surface area contributed by atoms with Crippen molar-refractivity contribution in [2.45, 2.75) is 19.8 Å². The molecule has 0 bridgehead atoms. The molecule has 2 rings (SSSR count). The standard InChI is InChI=1S/C13H14FN3O/c1-8(2)13-16-11(15)7-12(17-13)18-10-5-3-9(14)4-6-10/h3-8H,1-2H3,(H2,15,16,17). The van der Waals surface area contributed by atoms with Crippen molar-refractivity contribution < 1.29 is 9.13 Å². The van der Waals surface area contributed by atoms with Crippen molar-refractivity contribution in [1.82, 2.24) is 9.97 Å². The van der Waals surface area contributed by atoms with Gasteiger partial charge in [-0.3, -0.25) is 0 Å². The molecule has 5 heteroatoms. The van der Waals surface area contributed by atoms with Crippen LogP contribution in [-0.4, -0.2) is 9.97 Å². The van der Waals surface area contributed by atoms with Crippen LogP contribution in [0.4, 0.5) is 10.2 Å². The minimum Gasteiger partial charge on any atom is -0.439 e. The Bertz CT molecular complexity index is 540. The highest BCUT2D eigenvalue weighted by Crippen LogP contribution is 2.22. The maximum atomic E-state index is 12.8. The number of nitrogens with zero attached hydrogens (tertiary/aromatic N) is 2. The van der Waals surface area contributed by atoms with Crippen LogP contribution in [0.15, 0.2) is 30.3 Å². The van der Waals surface area contributed by atoms with Gasteiger partial charge in [0.15, 0.2) is 0 Å². The summed E-state index contributed by atoms with van der Waals surface area (Å²) in [4.78, 5) is 8.36. The van der Waals surface area contributed by atoms with E-state index < -0.39 is 0 Å². The van der Waals surface area contributed by atoms with Gasteiger partial charge in [-0.15, -0.1) is 0 Å². The first kappa shape index (κ1) is 12.3. The molecule has 0 radical (unpaired) electrons. The molecule has 0 saturated heterocycles. The van der Waals surface area contributed by atoms with E-state index in [4.69, 9.17) is 10.5 Å². The minimum atomic E-state index is -0.313. The predicted molar refractivity (Wildman–Crippen MR) is 67.0 cm³/mol. The average molecular weight is 247 g/mol. The van der Waals surface area contributed by atoms with Gasteiger partial charge in [0.05, 0.1) is 0 Å². The first-order valence-electron chi connectivity index (χ1n) is 5.62. The molecule has 2 aromatic rings. The molecule has 0 saturated carbocycles. The number of halogens is 1. The molecule has 1 aromatic heterocycles. The molecule has 0 aliphatic rings. The summed E-state index contributed by atoms with van der Waals surface area (Å²) in [5.41, 5.74) is 5.68. The molecule has 0 aliphatic heterocycles. The maximum Gasteiger partial charge on any atom is 0.224 e. The summed E-state index contributed by atoms with van der Waals surface area (Å²) in [6.07, 6.45) is 0. The van der Waals surface area contributed by atoms with Crippen molar-refractivity contribution in [2.75, 3.05) is 5.73 Å². The molecule has 0 unspecified atom stereocenters. The van der Waals surface area contributed by atoms with Crippen molar-refractivity contribution >= 4 is 5.82 Å². The van der Waals surface area contributed by atoms with Gasteiger partial charge in [-0.2, -0.15) is 4.98 Å². The molecular formula is C13H14FN3O. The Labute approximate surface area is 105 Å².